The molecule has 14 heavy (non-hydrogen) atoms. The van der Waals surface area contributed by atoms with Gasteiger partial charge in [0.15, 0.2) is 0 Å². The van der Waals surface area contributed by atoms with Gasteiger partial charge in [0.1, 0.15) is 0 Å². The summed E-state index contributed by atoms with van der Waals surface area (Å²) in [6.07, 6.45) is 1.08. The van der Waals surface area contributed by atoms with Crippen molar-refractivity contribution in [2.75, 3.05) is 0 Å². The maximum Gasteiger partial charge on any atom is 0.218 e. The van der Waals surface area contributed by atoms with Crippen LogP contribution in [0.5, 0.6) is 0 Å². The van der Waals surface area contributed by atoms with Gasteiger partial charge in [0.25, 0.3) is 0 Å². The van der Waals surface area contributed by atoms with Crippen LogP contribution in [-0.2, 0) is 9.59 Å². The molecule has 2 amide bonds. The molecule has 0 bridgehead atoms. The van der Waals surface area contributed by atoms with Crippen LogP contribution in [0.15, 0.2) is 10.2 Å². The lowest BCUT2D eigenvalue weighted by molar-refractivity contribution is -0.119. The van der Waals surface area contributed by atoms with Crippen molar-refractivity contribution in [2.24, 2.45) is 10.2 Å². The van der Waals surface area contributed by atoms with E-state index < -0.39 is 11.8 Å². The molecular formula is C6H8N6O2. The van der Waals surface area contributed by atoms with Crippen LogP contribution < -0.4 is 0 Å². The van der Waals surface area contributed by atoms with Gasteiger partial charge in [-0.1, -0.05) is 0 Å². The second-order valence-electron chi connectivity index (χ2n) is 2.37. The van der Waals surface area contributed by atoms with Crippen LogP contribution in [0.2, 0.25) is 0 Å². The van der Waals surface area contributed by atoms with Crippen molar-refractivity contribution in [1.29, 1.82) is 0 Å². The Hall–Kier alpha value is -2.04. The molecule has 0 rings (SSSR count). The SMILES string of the molecule is [N-]=[N+]=NC(=O)CCCCC(=O)N=[N+]=[N-]. The summed E-state index contributed by atoms with van der Waals surface area (Å²) in [5.74, 6) is -1.10. The van der Waals surface area contributed by atoms with Crippen molar-refractivity contribution < 1.29 is 9.59 Å². The van der Waals surface area contributed by atoms with E-state index in [2.05, 4.69) is 20.1 Å². The van der Waals surface area contributed by atoms with E-state index in [4.69, 9.17) is 11.1 Å². The predicted molar refractivity (Wildman–Crippen MR) is 46.8 cm³/mol. The minimum absolute atomic E-state index is 0.105. The largest absolute Gasteiger partial charge is 0.293 e. The van der Waals surface area contributed by atoms with Gasteiger partial charge < -0.3 is 0 Å². The molecule has 0 aromatic carbocycles. The zero-order valence-electron chi connectivity index (χ0n) is 7.33. The molecule has 0 heterocycles. The smallest absolute Gasteiger partial charge is 0.218 e. The zero-order chi connectivity index (χ0) is 10.8. The number of azide groups is 2. The number of hydrogen-bond acceptors (Lipinski definition) is 2. The number of carbonyl (C=O) groups is 2. The van der Waals surface area contributed by atoms with Crippen LogP contribution in [0.4, 0.5) is 0 Å². The average molecular weight is 196 g/mol. The highest BCUT2D eigenvalue weighted by Crippen LogP contribution is 2.02. The summed E-state index contributed by atoms with van der Waals surface area (Å²) in [4.78, 5) is 25.9. The summed E-state index contributed by atoms with van der Waals surface area (Å²) in [6.45, 7) is 0. The van der Waals surface area contributed by atoms with Crippen molar-refractivity contribution in [2.45, 2.75) is 25.7 Å². The number of unbranched alkanes of at least 4 members (excludes halogenated alkanes) is 1. The quantitative estimate of drug-likeness (QED) is 0.288. The molecule has 74 valence electrons. The maximum atomic E-state index is 10.6. The molecule has 0 spiro atoms. The first-order valence-corrected chi connectivity index (χ1v) is 3.86. The van der Waals surface area contributed by atoms with Gasteiger partial charge in [-0.05, 0) is 34.1 Å². The van der Waals surface area contributed by atoms with Crippen LogP contribution in [-0.4, -0.2) is 11.8 Å². The molecular weight excluding hydrogens is 188 g/mol. The third kappa shape index (κ3) is 6.66. The van der Waals surface area contributed by atoms with E-state index in [0.717, 1.165) is 0 Å². The van der Waals surface area contributed by atoms with Crippen molar-refractivity contribution in [3.63, 3.8) is 0 Å². The zero-order valence-corrected chi connectivity index (χ0v) is 7.33. The summed E-state index contributed by atoms with van der Waals surface area (Å²) >= 11 is 0. The Kier molecular flexibility index (Phi) is 6.49. The first-order valence-electron chi connectivity index (χ1n) is 3.86. The third-order valence-corrected chi connectivity index (χ3v) is 1.34. The molecule has 8 nitrogen and oxygen atoms in total. The van der Waals surface area contributed by atoms with Crippen molar-refractivity contribution in [3.8, 4) is 0 Å². The topological polar surface area (TPSA) is 132 Å². The summed E-state index contributed by atoms with van der Waals surface area (Å²) in [6, 6.07) is 0. The molecule has 0 N–H and O–H groups in total. The summed E-state index contributed by atoms with van der Waals surface area (Å²) < 4.78 is 0. The van der Waals surface area contributed by atoms with Gasteiger partial charge >= 0.3 is 0 Å². The highest BCUT2D eigenvalue weighted by atomic mass is 16.2. The Balaban J connectivity index is 3.56. The van der Waals surface area contributed by atoms with Gasteiger partial charge in [-0.2, -0.15) is 0 Å². The van der Waals surface area contributed by atoms with Gasteiger partial charge in [0.05, 0.1) is 0 Å². The molecule has 0 fully saturated rings. The maximum absolute atomic E-state index is 10.6. The fourth-order valence-corrected chi connectivity index (χ4v) is 0.752. The van der Waals surface area contributed by atoms with E-state index >= 15 is 0 Å². The number of nitrogens with zero attached hydrogens (tertiary/aromatic N) is 6. The Morgan fingerprint density at radius 3 is 1.57 bits per heavy atom. The van der Waals surface area contributed by atoms with Crippen LogP contribution in [0.25, 0.3) is 20.9 Å². The lowest BCUT2D eigenvalue weighted by Crippen LogP contribution is -1.94. The van der Waals surface area contributed by atoms with Crippen LogP contribution in [0.3, 0.4) is 0 Å². The van der Waals surface area contributed by atoms with E-state index in [9.17, 15) is 9.59 Å². The summed E-state index contributed by atoms with van der Waals surface area (Å²) in [5.41, 5.74) is 15.8. The lowest BCUT2D eigenvalue weighted by atomic mass is 10.2. The van der Waals surface area contributed by atoms with Crippen LogP contribution in [0, 0.1) is 0 Å². The molecule has 0 aromatic rings. The molecule has 0 saturated heterocycles. The van der Waals surface area contributed by atoms with E-state index in [1.54, 1.807) is 0 Å². The highest BCUT2D eigenvalue weighted by Gasteiger charge is 2.00. The standard InChI is InChI=1S/C6H8N6O2/c7-11-9-5(13)3-1-2-4-6(14)10-12-8/h1-4H2. The molecule has 0 aliphatic heterocycles. The van der Waals surface area contributed by atoms with E-state index in [0.29, 0.717) is 12.8 Å². The Labute approximate surface area is 79.2 Å². The normalized spacial score (nSPS) is 8.29. The number of rotatable bonds is 5. The highest BCUT2D eigenvalue weighted by molar-refractivity contribution is 5.77. The molecule has 0 aliphatic rings. The van der Waals surface area contributed by atoms with E-state index in [-0.39, 0.29) is 12.8 Å². The fraction of sp³-hybridized carbons (Fsp3) is 0.667. The van der Waals surface area contributed by atoms with Gasteiger partial charge in [-0.3, -0.25) is 9.59 Å². The first-order chi connectivity index (χ1) is 6.70. The molecule has 0 saturated carbocycles. The third-order valence-electron chi connectivity index (χ3n) is 1.34. The fourth-order valence-electron chi connectivity index (χ4n) is 0.752. The minimum Gasteiger partial charge on any atom is -0.293 e. The Bertz CT molecular complexity index is 280. The summed E-state index contributed by atoms with van der Waals surface area (Å²) in [7, 11) is 0. The number of carbonyl (C=O) groups excluding carboxylic acids is 2. The first kappa shape index (κ1) is 12.0. The van der Waals surface area contributed by atoms with E-state index in [1.165, 1.54) is 0 Å². The van der Waals surface area contributed by atoms with Crippen molar-refractivity contribution in [1.82, 2.24) is 0 Å². The van der Waals surface area contributed by atoms with Gasteiger partial charge in [-0.15, -0.1) is 0 Å². The van der Waals surface area contributed by atoms with Crippen LogP contribution in [0.1, 0.15) is 25.7 Å². The van der Waals surface area contributed by atoms with Crippen molar-refractivity contribution >= 4 is 11.8 Å². The van der Waals surface area contributed by atoms with Gasteiger partial charge in [0.2, 0.25) is 11.8 Å². The molecule has 0 unspecified atom stereocenters. The molecule has 8 heteroatoms. The van der Waals surface area contributed by atoms with Gasteiger partial charge in [0, 0.05) is 22.7 Å². The van der Waals surface area contributed by atoms with E-state index in [1.807, 2.05) is 0 Å². The minimum atomic E-state index is -0.552. The monoisotopic (exact) mass is 196 g/mol. The second kappa shape index (κ2) is 7.60. The summed E-state index contributed by atoms with van der Waals surface area (Å²) in [5, 5.41) is 5.70. The number of amides is 2. The second-order valence-corrected chi connectivity index (χ2v) is 2.37. The average Bonchev–Trinajstić information content (AvgIpc) is 2.13. The Morgan fingerprint density at radius 1 is 0.929 bits per heavy atom. The lowest BCUT2D eigenvalue weighted by Gasteiger charge is -1.93. The molecule has 0 aromatic heterocycles. The molecule has 0 radical (unpaired) electrons. The molecule has 0 atom stereocenters. The van der Waals surface area contributed by atoms with Crippen molar-refractivity contribution in [3.05, 3.63) is 20.9 Å². The number of hydrogen-bond donors (Lipinski definition) is 0. The van der Waals surface area contributed by atoms with Crippen LogP contribution >= 0.6 is 0 Å². The Morgan fingerprint density at radius 2 is 1.29 bits per heavy atom. The van der Waals surface area contributed by atoms with Gasteiger partial charge in [-0.25, -0.2) is 0 Å². The predicted octanol–water partition coefficient (Wildman–Crippen LogP) is 2.22. The molecule has 0 aliphatic carbocycles.